The molecule has 1 heterocycles. The molecule has 3 nitrogen and oxygen atoms in total. The molecule has 3 heteroatoms. The van der Waals surface area contributed by atoms with Crippen LogP contribution in [0, 0.1) is 0 Å². The molecule has 0 aliphatic carbocycles. The lowest BCUT2D eigenvalue weighted by Gasteiger charge is -2.30. The van der Waals surface area contributed by atoms with E-state index in [-0.39, 0.29) is 18.5 Å². The smallest absolute Gasteiger partial charge is 0.199 e. The molecule has 0 spiro atoms. The van der Waals surface area contributed by atoms with Crippen molar-refractivity contribution in [2.45, 2.75) is 45.0 Å². The predicted octanol–water partition coefficient (Wildman–Crippen LogP) is 1.81. The second-order valence-corrected chi connectivity index (χ2v) is 3.87. The van der Waals surface area contributed by atoms with Crippen LogP contribution in [0.1, 0.15) is 33.1 Å². The van der Waals surface area contributed by atoms with E-state index in [1.807, 2.05) is 19.9 Å². The quantitative estimate of drug-likeness (QED) is 0.727. The van der Waals surface area contributed by atoms with Crippen molar-refractivity contribution in [1.82, 2.24) is 0 Å². The number of aliphatic hydroxyl groups is 1. The van der Waals surface area contributed by atoms with E-state index in [4.69, 9.17) is 14.6 Å². The number of aliphatic hydroxyl groups excluding tert-OH is 1. The molecule has 1 unspecified atom stereocenters. The van der Waals surface area contributed by atoms with Gasteiger partial charge >= 0.3 is 0 Å². The second kappa shape index (κ2) is 4.63. The van der Waals surface area contributed by atoms with Crippen LogP contribution in [0.3, 0.4) is 0 Å². The van der Waals surface area contributed by atoms with Crippen LogP contribution in [0.15, 0.2) is 12.3 Å². The molecule has 0 aromatic carbocycles. The first-order chi connectivity index (χ1) is 6.14. The zero-order valence-corrected chi connectivity index (χ0v) is 8.32. The maximum atomic E-state index is 8.80. The van der Waals surface area contributed by atoms with Crippen molar-refractivity contribution >= 4 is 0 Å². The molecule has 0 saturated heterocycles. The van der Waals surface area contributed by atoms with Crippen LogP contribution in [-0.2, 0) is 9.47 Å². The number of ether oxygens (including phenoxy) is 2. The van der Waals surface area contributed by atoms with E-state index < -0.39 is 0 Å². The molecule has 0 bridgehead atoms. The highest BCUT2D eigenvalue weighted by molar-refractivity contribution is 4.80. The Hall–Kier alpha value is -0.540. The monoisotopic (exact) mass is 186 g/mol. The van der Waals surface area contributed by atoms with Gasteiger partial charge in [0.25, 0.3) is 0 Å². The Balaban J connectivity index is 2.33. The van der Waals surface area contributed by atoms with Crippen LogP contribution >= 0.6 is 0 Å². The van der Waals surface area contributed by atoms with Gasteiger partial charge in [0.2, 0.25) is 0 Å². The van der Waals surface area contributed by atoms with Gasteiger partial charge in [0.1, 0.15) is 0 Å². The Kier molecular flexibility index (Phi) is 3.75. The molecular formula is C10H18O3. The van der Waals surface area contributed by atoms with Gasteiger partial charge in [-0.25, -0.2) is 0 Å². The molecule has 0 amide bonds. The highest BCUT2D eigenvalue weighted by Crippen LogP contribution is 2.21. The van der Waals surface area contributed by atoms with Gasteiger partial charge in [-0.3, -0.25) is 0 Å². The molecule has 0 saturated carbocycles. The summed E-state index contributed by atoms with van der Waals surface area (Å²) >= 11 is 0. The highest BCUT2D eigenvalue weighted by Gasteiger charge is 2.24. The van der Waals surface area contributed by atoms with Gasteiger partial charge in [0.15, 0.2) is 6.29 Å². The molecule has 1 N–H and O–H groups in total. The zero-order valence-electron chi connectivity index (χ0n) is 8.32. The van der Waals surface area contributed by atoms with Gasteiger partial charge < -0.3 is 14.6 Å². The average molecular weight is 186 g/mol. The highest BCUT2D eigenvalue weighted by atomic mass is 16.7. The molecular weight excluding hydrogens is 168 g/mol. The number of hydrogen-bond acceptors (Lipinski definition) is 3. The van der Waals surface area contributed by atoms with E-state index in [2.05, 4.69) is 0 Å². The van der Waals surface area contributed by atoms with Crippen molar-refractivity contribution in [3.63, 3.8) is 0 Å². The van der Waals surface area contributed by atoms with E-state index in [0.29, 0.717) is 6.42 Å². The first kappa shape index (κ1) is 10.5. The minimum Gasteiger partial charge on any atom is -0.473 e. The number of hydrogen-bond donors (Lipinski definition) is 1. The van der Waals surface area contributed by atoms with Gasteiger partial charge in [0.05, 0.1) is 11.9 Å². The molecule has 76 valence electrons. The largest absolute Gasteiger partial charge is 0.473 e. The Morgan fingerprint density at radius 1 is 1.62 bits per heavy atom. The summed E-state index contributed by atoms with van der Waals surface area (Å²) in [5.74, 6) is 0. The molecule has 0 aromatic rings. The normalized spacial score (nSPS) is 22.8. The molecule has 1 aliphatic heterocycles. The van der Waals surface area contributed by atoms with Crippen molar-refractivity contribution < 1.29 is 14.6 Å². The third-order valence-electron chi connectivity index (χ3n) is 2.06. The van der Waals surface area contributed by atoms with Crippen LogP contribution in [-0.4, -0.2) is 23.6 Å². The third kappa shape index (κ3) is 3.79. The van der Waals surface area contributed by atoms with Crippen LogP contribution in [0.4, 0.5) is 0 Å². The number of rotatable bonds is 4. The van der Waals surface area contributed by atoms with Gasteiger partial charge in [-0.15, -0.1) is 0 Å². The van der Waals surface area contributed by atoms with E-state index in [9.17, 15) is 0 Å². The van der Waals surface area contributed by atoms with E-state index in [0.717, 1.165) is 12.8 Å². The Labute approximate surface area is 79.3 Å². The Morgan fingerprint density at radius 2 is 2.38 bits per heavy atom. The lowest BCUT2D eigenvalue weighted by Crippen LogP contribution is -2.33. The summed E-state index contributed by atoms with van der Waals surface area (Å²) in [4.78, 5) is 0. The van der Waals surface area contributed by atoms with E-state index in [1.165, 1.54) is 0 Å². The maximum absolute atomic E-state index is 8.80. The Bertz CT molecular complexity index is 175. The molecule has 0 fully saturated rings. The lowest BCUT2D eigenvalue weighted by molar-refractivity contribution is -0.186. The molecule has 0 aromatic heterocycles. The first-order valence-corrected chi connectivity index (χ1v) is 4.73. The second-order valence-electron chi connectivity index (χ2n) is 3.87. The fraction of sp³-hybridized carbons (Fsp3) is 0.800. The summed E-state index contributed by atoms with van der Waals surface area (Å²) in [6.07, 6.45) is 6.05. The van der Waals surface area contributed by atoms with Crippen LogP contribution < -0.4 is 0 Å². The van der Waals surface area contributed by atoms with Crippen molar-refractivity contribution in [3.05, 3.63) is 12.3 Å². The number of allylic oxidation sites excluding steroid dienone is 1. The van der Waals surface area contributed by atoms with Crippen molar-refractivity contribution in [1.29, 1.82) is 0 Å². The minimum atomic E-state index is -0.301. The predicted molar refractivity (Wildman–Crippen MR) is 50.1 cm³/mol. The zero-order chi connectivity index (χ0) is 9.73. The van der Waals surface area contributed by atoms with E-state index in [1.54, 1.807) is 6.26 Å². The fourth-order valence-corrected chi connectivity index (χ4v) is 1.28. The summed E-state index contributed by atoms with van der Waals surface area (Å²) in [6.45, 7) is 4.07. The summed E-state index contributed by atoms with van der Waals surface area (Å²) in [5, 5.41) is 8.80. The van der Waals surface area contributed by atoms with Gasteiger partial charge in [-0.1, -0.05) is 0 Å². The Morgan fingerprint density at radius 3 is 2.92 bits per heavy atom. The molecule has 13 heavy (non-hydrogen) atoms. The maximum Gasteiger partial charge on any atom is 0.199 e. The minimum absolute atomic E-state index is 0.147. The van der Waals surface area contributed by atoms with Gasteiger partial charge in [-0.05, 0) is 32.8 Å². The van der Waals surface area contributed by atoms with Crippen molar-refractivity contribution in [3.8, 4) is 0 Å². The summed E-state index contributed by atoms with van der Waals surface area (Å²) in [6, 6.07) is 0. The SMILES string of the molecule is CC(C)(CCO)OC1CCC=CO1. The summed E-state index contributed by atoms with van der Waals surface area (Å²) in [5.41, 5.74) is -0.301. The molecule has 1 rings (SSSR count). The van der Waals surface area contributed by atoms with Crippen molar-refractivity contribution in [2.75, 3.05) is 6.61 Å². The van der Waals surface area contributed by atoms with Crippen LogP contribution in [0.25, 0.3) is 0 Å². The van der Waals surface area contributed by atoms with E-state index >= 15 is 0 Å². The molecule has 0 radical (unpaired) electrons. The molecule has 1 aliphatic rings. The van der Waals surface area contributed by atoms with Gasteiger partial charge in [0, 0.05) is 13.0 Å². The van der Waals surface area contributed by atoms with Gasteiger partial charge in [-0.2, -0.15) is 0 Å². The summed E-state index contributed by atoms with van der Waals surface area (Å²) in [7, 11) is 0. The fourth-order valence-electron chi connectivity index (χ4n) is 1.28. The van der Waals surface area contributed by atoms with Crippen LogP contribution in [0.5, 0.6) is 0 Å². The topological polar surface area (TPSA) is 38.7 Å². The first-order valence-electron chi connectivity index (χ1n) is 4.73. The molecule has 1 atom stereocenters. The third-order valence-corrected chi connectivity index (χ3v) is 2.06. The lowest BCUT2D eigenvalue weighted by atomic mass is 10.1. The van der Waals surface area contributed by atoms with Crippen LogP contribution in [0.2, 0.25) is 0 Å². The summed E-state index contributed by atoms with van der Waals surface area (Å²) < 4.78 is 11.0. The van der Waals surface area contributed by atoms with Crippen molar-refractivity contribution in [2.24, 2.45) is 0 Å². The standard InChI is InChI=1S/C10H18O3/c1-10(2,6-7-11)13-9-5-3-4-8-12-9/h4,8-9,11H,3,5-7H2,1-2H3. The average Bonchev–Trinajstić information content (AvgIpc) is 2.04.